The van der Waals surface area contributed by atoms with Crippen LogP contribution < -0.4 is 25.8 Å². The van der Waals surface area contributed by atoms with Gasteiger partial charge in [-0.3, -0.25) is 14.4 Å². The summed E-state index contributed by atoms with van der Waals surface area (Å²) < 4.78 is 11.1. The number of likely N-dealkylation sites (N-methyl/N-ethyl adjacent to an activating group) is 1. The molecule has 3 aromatic carbocycles. The van der Waals surface area contributed by atoms with Crippen LogP contribution in [0.5, 0.6) is 17.2 Å². The van der Waals surface area contributed by atoms with Crippen molar-refractivity contribution in [2.75, 3.05) is 18.5 Å². The molecule has 3 aromatic rings. The molecule has 0 atom stereocenters. The molecule has 164 valence electrons. The van der Waals surface area contributed by atoms with Crippen LogP contribution in [0.3, 0.4) is 0 Å². The summed E-state index contributed by atoms with van der Waals surface area (Å²) in [6, 6.07) is 19.8. The van der Waals surface area contributed by atoms with Crippen molar-refractivity contribution in [2.24, 2.45) is 5.73 Å². The number of anilines is 1. The van der Waals surface area contributed by atoms with Crippen molar-refractivity contribution in [3.8, 4) is 17.2 Å². The highest BCUT2D eigenvalue weighted by molar-refractivity contribution is 6.04. The van der Waals surface area contributed by atoms with Crippen molar-refractivity contribution in [2.45, 2.75) is 6.92 Å². The van der Waals surface area contributed by atoms with E-state index in [2.05, 4.69) is 10.6 Å². The fourth-order valence-corrected chi connectivity index (χ4v) is 2.73. The van der Waals surface area contributed by atoms with Gasteiger partial charge in [-0.15, -0.1) is 0 Å². The number of amides is 3. The summed E-state index contributed by atoms with van der Waals surface area (Å²) in [6.45, 7) is 2.31. The van der Waals surface area contributed by atoms with E-state index in [4.69, 9.17) is 15.2 Å². The molecule has 4 N–H and O–H groups in total. The zero-order valence-corrected chi connectivity index (χ0v) is 17.5. The number of nitrogens with two attached hydrogens (primary N) is 1. The van der Waals surface area contributed by atoms with Gasteiger partial charge in [-0.05, 0) is 79.7 Å². The number of hydrogen-bond acceptors (Lipinski definition) is 5. The number of benzene rings is 3. The van der Waals surface area contributed by atoms with Crippen LogP contribution in [0.1, 0.15) is 27.6 Å². The van der Waals surface area contributed by atoms with Crippen molar-refractivity contribution in [1.29, 1.82) is 0 Å². The molecular weight excluding hydrogens is 410 g/mol. The Bertz CT molecular complexity index is 1080. The number of carbonyl (C=O) groups excluding carboxylic acids is 3. The first-order valence-electron chi connectivity index (χ1n) is 9.93. The van der Waals surface area contributed by atoms with E-state index in [9.17, 15) is 14.4 Å². The molecule has 0 aliphatic heterocycles. The molecule has 0 bridgehead atoms. The maximum absolute atomic E-state index is 12.5. The molecule has 0 spiro atoms. The molecular formula is C24H23N3O5. The minimum atomic E-state index is -0.506. The molecule has 0 saturated heterocycles. The highest BCUT2D eigenvalue weighted by Gasteiger charge is 2.08. The minimum Gasteiger partial charge on any atom is -0.484 e. The van der Waals surface area contributed by atoms with Gasteiger partial charge < -0.3 is 25.8 Å². The largest absolute Gasteiger partial charge is 0.484 e. The van der Waals surface area contributed by atoms with E-state index in [1.54, 1.807) is 72.8 Å². The highest BCUT2D eigenvalue weighted by Crippen LogP contribution is 2.23. The Morgan fingerprint density at radius 3 is 1.84 bits per heavy atom. The van der Waals surface area contributed by atoms with Gasteiger partial charge in [0.15, 0.2) is 6.61 Å². The Hall–Kier alpha value is -4.33. The molecule has 0 fully saturated rings. The minimum absolute atomic E-state index is 0.0662. The molecule has 3 rings (SSSR count). The Balaban J connectivity index is 1.54. The van der Waals surface area contributed by atoms with Crippen molar-refractivity contribution in [3.63, 3.8) is 0 Å². The van der Waals surface area contributed by atoms with Crippen molar-refractivity contribution in [3.05, 3.63) is 83.9 Å². The monoisotopic (exact) mass is 433 g/mol. The second-order valence-corrected chi connectivity index (χ2v) is 6.74. The standard InChI is InChI=1S/C24H23N3O5/c1-2-26-22(28)15-31-19-13-7-18(8-14-19)27-24(30)17-5-11-21(12-6-17)32-20-9-3-16(4-10-20)23(25)29/h3-14H,2,15H2,1H3,(H2,25,29)(H,26,28)(H,27,30). The van der Waals surface area contributed by atoms with Crippen LogP contribution in [-0.4, -0.2) is 30.9 Å². The Morgan fingerprint density at radius 1 is 0.781 bits per heavy atom. The van der Waals surface area contributed by atoms with E-state index in [-0.39, 0.29) is 18.4 Å². The van der Waals surface area contributed by atoms with Gasteiger partial charge in [0.2, 0.25) is 5.91 Å². The van der Waals surface area contributed by atoms with Gasteiger partial charge in [0.1, 0.15) is 17.2 Å². The van der Waals surface area contributed by atoms with E-state index in [1.807, 2.05) is 6.92 Å². The Kier molecular flexibility index (Phi) is 7.42. The number of nitrogens with one attached hydrogen (secondary N) is 2. The summed E-state index contributed by atoms with van der Waals surface area (Å²) >= 11 is 0. The average Bonchev–Trinajstić information content (AvgIpc) is 2.79. The Morgan fingerprint density at radius 2 is 1.31 bits per heavy atom. The topological polar surface area (TPSA) is 120 Å². The summed E-state index contributed by atoms with van der Waals surface area (Å²) in [5.41, 5.74) is 6.66. The maximum Gasteiger partial charge on any atom is 0.257 e. The molecule has 0 radical (unpaired) electrons. The van der Waals surface area contributed by atoms with E-state index < -0.39 is 5.91 Å². The normalized spacial score (nSPS) is 10.2. The molecule has 0 aromatic heterocycles. The van der Waals surface area contributed by atoms with E-state index in [0.717, 1.165) is 0 Å². The summed E-state index contributed by atoms with van der Waals surface area (Å²) in [4.78, 5) is 35.0. The highest BCUT2D eigenvalue weighted by atomic mass is 16.5. The number of hydrogen-bond donors (Lipinski definition) is 3. The maximum atomic E-state index is 12.5. The molecule has 8 nitrogen and oxygen atoms in total. The predicted molar refractivity (Wildman–Crippen MR) is 120 cm³/mol. The third-order valence-electron chi connectivity index (χ3n) is 4.35. The fourth-order valence-electron chi connectivity index (χ4n) is 2.73. The fraction of sp³-hybridized carbons (Fsp3) is 0.125. The van der Waals surface area contributed by atoms with Gasteiger partial charge in [0, 0.05) is 23.4 Å². The van der Waals surface area contributed by atoms with E-state index >= 15 is 0 Å². The van der Waals surface area contributed by atoms with E-state index in [0.29, 0.717) is 40.6 Å². The second kappa shape index (κ2) is 10.6. The lowest BCUT2D eigenvalue weighted by atomic mass is 10.2. The van der Waals surface area contributed by atoms with Crippen LogP contribution in [0.2, 0.25) is 0 Å². The Labute approximate surface area is 185 Å². The summed E-state index contributed by atoms with van der Waals surface area (Å²) in [6.07, 6.45) is 0. The van der Waals surface area contributed by atoms with Gasteiger partial charge in [-0.1, -0.05) is 0 Å². The zero-order chi connectivity index (χ0) is 22.9. The second-order valence-electron chi connectivity index (χ2n) is 6.74. The van der Waals surface area contributed by atoms with Crippen LogP contribution in [-0.2, 0) is 4.79 Å². The van der Waals surface area contributed by atoms with Crippen molar-refractivity contribution in [1.82, 2.24) is 5.32 Å². The quantitative estimate of drug-likeness (QED) is 0.478. The molecule has 0 aliphatic carbocycles. The summed E-state index contributed by atoms with van der Waals surface area (Å²) in [7, 11) is 0. The molecule has 0 heterocycles. The SMILES string of the molecule is CCNC(=O)COc1ccc(NC(=O)c2ccc(Oc3ccc(C(N)=O)cc3)cc2)cc1. The number of carbonyl (C=O) groups is 3. The van der Waals surface area contributed by atoms with Gasteiger partial charge in [-0.25, -0.2) is 0 Å². The summed E-state index contributed by atoms with van der Waals surface area (Å²) in [5, 5.41) is 5.45. The van der Waals surface area contributed by atoms with Gasteiger partial charge >= 0.3 is 0 Å². The van der Waals surface area contributed by atoms with Crippen molar-refractivity contribution >= 4 is 23.4 Å². The van der Waals surface area contributed by atoms with Crippen LogP contribution >= 0.6 is 0 Å². The lowest BCUT2D eigenvalue weighted by Gasteiger charge is -2.09. The van der Waals surface area contributed by atoms with Gasteiger partial charge in [0.25, 0.3) is 11.8 Å². The van der Waals surface area contributed by atoms with Crippen LogP contribution in [0.25, 0.3) is 0 Å². The van der Waals surface area contributed by atoms with Gasteiger partial charge in [0.05, 0.1) is 0 Å². The molecule has 8 heteroatoms. The lowest BCUT2D eigenvalue weighted by molar-refractivity contribution is -0.122. The molecule has 3 amide bonds. The number of ether oxygens (including phenoxy) is 2. The number of primary amides is 1. The smallest absolute Gasteiger partial charge is 0.257 e. The number of rotatable bonds is 9. The third kappa shape index (κ3) is 6.33. The molecule has 32 heavy (non-hydrogen) atoms. The molecule has 0 aliphatic rings. The lowest BCUT2D eigenvalue weighted by Crippen LogP contribution is -2.28. The first-order chi connectivity index (χ1) is 15.4. The van der Waals surface area contributed by atoms with Crippen LogP contribution in [0.15, 0.2) is 72.8 Å². The first kappa shape index (κ1) is 22.4. The van der Waals surface area contributed by atoms with Crippen LogP contribution in [0.4, 0.5) is 5.69 Å². The average molecular weight is 433 g/mol. The predicted octanol–water partition coefficient (Wildman–Crippen LogP) is 3.35. The van der Waals surface area contributed by atoms with Gasteiger partial charge in [-0.2, -0.15) is 0 Å². The first-order valence-corrected chi connectivity index (χ1v) is 9.93. The summed E-state index contributed by atoms with van der Waals surface area (Å²) in [5.74, 6) is 0.634. The van der Waals surface area contributed by atoms with E-state index in [1.165, 1.54) is 0 Å². The molecule has 0 saturated carbocycles. The molecule has 0 unspecified atom stereocenters. The third-order valence-corrected chi connectivity index (χ3v) is 4.35. The zero-order valence-electron chi connectivity index (χ0n) is 17.5. The van der Waals surface area contributed by atoms with Crippen LogP contribution in [0, 0.1) is 0 Å². The van der Waals surface area contributed by atoms with Crippen molar-refractivity contribution < 1.29 is 23.9 Å².